The van der Waals surface area contributed by atoms with Gasteiger partial charge in [-0.2, -0.15) is 0 Å². The second kappa shape index (κ2) is 17.8. The van der Waals surface area contributed by atoms with Crippen molar-refractivity contribution >= 4 is 0 Å². The molecule has 0 atom stereocenters. The number of aliphatic hydroxyl groups excluding tert-OH is 1. The molecule has 84 valence electrons. The van der Waals surface area contributed by atoms with Crippen molar-refractivity contribution in [2.45, 2.75) is 58.3 Å². The maximum Gasteiger partial charge on any atom is 0.0431 e. The highest BCUT2D eigenvalue weighted by Gasteiger charge is 1.89. The third-order valence-corrected chi connectivity index (χ3v) is 2.01. The van der Waals surface area contributed by atoms with Gasteiger partial charge in [-0.1, -0.05) is 51.9 Å². The van der Waals surface area contributed by atoms with E-state index in [0.717, 1.165) is 6.42 Å². The molecule has 3 nitrogen and oxygen atoms in total. The number of unbranched alkanes of at least 4 members (excludes halogenated alkanes) is 7. The van der Waals surface area contributed by atoms with Gasteiger partial charge in [-0.15, -0.1) is 0 Å². The minimum atomic E-state index is 0. The smallest absolute Gasteiger partial charge is 0.0431 e. The third-order valence-electron chi connectivity index (χ3n) is 2.01. The molecule has 0 saturated carbocycles. The summed E-state index contributed by atoms with van der Waals surface area (Å²) in [4.78, 5) is 0. The summed E-state index contributed by atoms with van der Waals surface area (Å²) in [5.41, 5.74) is 0. The van der Waals surface area contributed by atoms with E-state index in [9.17, 15) is 0 Å². The lowest BCUT2D eigenvalue weighted by atomic mass is 10.1. The van der Waals surface area contributed by atoms with E-state index in [4.69, 9.17) is 5.11 Å². The molecule has 0 spiro atoms. The van der Waals surface area contributed by atoms with E-state index in [1.807, 2.05) is 0 Å². The zero-order chi connectivity index (χ0) is 8.36. The van der Waals surface area contributed by atoms with Crippen molar-refractivity contribution in [2.75, 3.05) is 6.61 Å². The summed E-state index contributed by atoms with van der Waals surface area (Å²) in [5.74, 6) is 0. The first-order valence-corrected chi connectivity index (χ1v) is 5.02. The summed E-state index contributed by atoms with van der Waals surface area (Å²) in [7, 11) is 0. The van der Waals surface area contributed by atoms with Crippen LogP contribution in [0.4, 0.5) is 0 Å². The van der Waals surface area contributed by atoms with Gasteiger partial charge in [-0.25, -0.2) is 0 Å². The molecule has 0 heterocycles. The SMILES string of the molecule is CCCCCCCCCCO.N.O. The van der Waals surface area contributed by atoms with E-state index in [0.29, 0.717) is 6.61 Å². The van der Waals surface area contributed by atoms with Gasteiger partial charge in [-0.05, 0) is 6.42 Å². The molecule has 0 aliphatic rings. The van der Waals surface area contributed by atoms with Gasteiger partial charge >= 0.3 is 0 Å². The largest absolute Gasteiger partial charge is 0.412 e. The van der Waals surface area contributed by atoms with Crippen LogP contribution in [0, 0.1) is 0 Å². The van der Waals surface area contributed by atoms with Crippen LogP contribution in [-0.2, 0) is 0 Å². The van der Waals surface area contributed by atoms with E-state index in [1.54, 1.807) is 0 Å². The second-order valence-electron chi connectivity index (χ2n) is 3.20. The van der Waals surface area contributed by atoms with Crippen molar-refractivity contribution in [3.8, 4) is 0 Å². The van der Waals surface area contributed by atoms with E-state index in [2.05, 4.69) is 6.92 Å². The first-order chi connectivity index (χ1) is 5.41. The molecule has 0 bridgehead atoms. The number of hydrogen-bond acceptors (Lipinski definition) is 2. The van der Waals surface area contributed by atoms with Crippen LogP contribution < -0.4 is 6.15 Å². The summed E-state index contributed by atoms with van der Waals surface area (Å²) in [6.45, 7) is 2.61. The second-order valence-corrected chi connectivity index (χ2v) is 3.20. The maximum atomic E-state index is 8.51. The molecule has 0 aliphatic heterocycles. The lowest BCUT2D eigenvalue weighted by Gasteiger charge is -1.98. The molecular formula is C10H27NO2. The van der Waals surface area contributed by atoms with E-state index in [1.165, 1.54) is 44.9 Å². The Morgan fingerprint density at radius 1 is 0.769 bits per heavy atom. The van der Waals surface area contributed by atoms with Crippen molar-refractivity contribution < 1.29 is 10.6 Å². The van der Waals surface area contributed by atoms with Crippen LogP contribution in [0.1, 0.15) is 58.3 Å². The first-order valence-electron chi connectivity index (χ1n) is 5.02. The van der Waals surface area contributed by atoms with Crippen LogP contribution >= 0.6 is 0 Å². The van der Waals surface area contributed by atoms with Crippen molar-refractivity contribution in [3.63, 3.8) is 0 Å². The summed E-state index contributed by atoms with van der Waals surface area (Å²) in [5, 5.41) is 8.51. The Bertz CT molecular complexity index is 61.9. The van der Waals surface area contributed by atoms with Crippen molar-refractivity contribution in [3.05, 3.63) is 0 Å². The molecule has 0 aromatic heterocycles. The Balaban J connectivity index is -0.000000500. The van der Waals surface area contributed by atoms with Gasteiger partial charge in [0, 0.05) is 6.61 Å². The van der Waals surface area contributed by atoms with Gasteiger partial charge < -0.3 is 16.7 Å². The molecule has 0 aliphatic carbocycles. The molecule has 0 aromatic rings. The molecule has 0 saturated heterocycles. The van der Waals surface area contributed by atoms with E-state index >= 15 is 0 Å². The van der Waals surface area contributed by atoms with Crippen LogP contribution in [0.5, 0.6) is 0 Å². The molecule has 6 N–H and O–H groups in total. The van der Waals surface area contributed by atoms with Crippen LogP contribution in [0.15, 0.2) is 0 Å². The monoisotopic (exact) mass is 193 g/mol. The van der Waals surface area contributed by atoms with Crippen LogP contribution in [0.3, 0.4) is 0 Å². The van der Waals surface area contributed by atoms with Crippen LogP contribution in [0.25, 0.3) is 0 Å². The summed E-state index contributed by atoms with van der Waals surface area (Å²) in [6, 6.07) is 0. The lowest BCUT2D eigenvalue weighted by molar-refractivity contribution is 0.282. The van der Waals surface area contributed by atoms with Crippen molar-refractivity contribution in [1.29, 1.82) is 0 Å². The normalized spacial score (nSPS) is 8.77. The fraction of sp³-hybridized carbons (Fsp3) is 1.00. The predicted octanol–water partition coefficient (Wildman–Crippen LogP) is 2.46. The fourth-order valence-corrected chi connectivity index (χ4v) is 1.25. The molecule has 0 fully saturated rings. The average Bonchev–Trinajstić information content (AvgIpc) is 2.03. The van der Waals surface area contributed by atoms with Gasteiger partial charge in [0.25, 0.3) is 0 Å². The van der Waals surface area contributed by atoms with Gasteiger partial charge in [0.15, 0.2) is 0 Å². The predicted molar refractivity (Wildman–Crippen MR) is 58.3 cm³/mol. The van der Waals surface area contributed by atoms with Crippen molar-refractivity contribution in [1.82, 2.24) is 6.15 Å². The average molecular weight is 193 g/mol. The van der Waals surface area contributed by atoms with E-state index in [-0.39, 0.29) is 11.6 Å². The quantitative estimate of drug-likeness (QED) is 0.580. The zero-order valence-electron chi connectivity index (χ0n) is 9.02. The van der Waals surface area contributed by atoms with Gasteiger partial charge in [-0.3, -0.25) is 0 Å². The number of rotatable bonds is 8. The Hall–Kier alpha value is -0.120. The molecule has 0 unspecified atom stereocenters. The molecular weight excluding hydrogens is 166 g/mol. The van der Waals surface area contributed by atoms with Crippen molar-refractivity contribution in [2.24, 2.45) is 0 Å². The minimum absolute atomic E-state index is 0. The maximum absolute atomic E-state index is 8.51. The Kier molecular flexibility index (Phi) is 25.5. The molecule has 13 heavy (non-hydrogen) atoms. The summed E-state index contributed by atoms with van der Waals surface area (Å²) < 4.78 is 0. The topological polar surface area (TPSA) is 86.7 Å². The zero-order valence-corrected chi connectivity index (χ0v) is 9.02. The first kappa shape index (κ1) is 18.6. The molecule has 0 aromatic carbocycles. The van der Waals surface area contributed by atoms with Gasteiger partial charge in [0.1, 0.15) is 0 Å². The fourth-order valence-electron chi connectivity index (χ4n) is 1.25. The lowest BCUT2D eigenvalue weighted by Crippen LogP contribution is -1.83. The highest BCUT2D eigenvalue weighted by atomic mass is 16.2. The third kappa shape index (κ3) is 18.7. The summed E-state index contributed by atoms with van der Waals surface area (Å²) in [6.07, 6.45) is 10.4. The minimum Gasteiger partial charge on any atom is -0.412 e. The van der Waals surface area contributed by atoms with Crippen LogP contribution in [-0.4, -0.2) is 17.2 Å². The Morgan fingerprint density at radius 2 is 1.15 bits per heavy atom. The highest BCUT2D eigenvalue weighted by molar-refractivity contribution is 4.44. The molecule has 0 radical (unpaired) electrons. The number of aliphatic hydroxyl groups is 1. The Morgan fingerprint density at radius 3 is 1.54 bits per heavy atom. The van der Waals surface area contributed by atoms with E-state index < -0.39 is 0 Å². The molecule has 0 amide bonds. The van der Waals surface area contributed by atoms with Gasteiger partial charge in [0.05, 0.1) is 0 Å². The summed E-state index contributed by atoms with van der Waals surface area (Å²) >= 11 is 0. The standard InChI is InChI=1S/C10H22O.H3N.H2O/c1-2-3-4-5-6-7-8-9-10-11;;/h11H,2-10H2,1H3;1H3;1H2. The Labute approximate surface area is 82.4 Å². The van der Waals surface area contributed by atoms with Crippen LogP contribution in [0.2, 0.25) is 0 Å². The molecule has 0 rings (SSSR count). The van der Waals surface area contributed by atoms with Gasteiger partial charge in [0.2, 0.25) is 0 Å². The number of hydrogen-bond donors (Lipinski definition) is 2. The molecule has 3 heteroatoms. The highest BCUT2D eigenvalue weighted by Crippen LogP contribution is 2.07.